The summed E-state index contributed by atoms with van der Waals surface area (Å²) in [6.07, 6.45) is 1.60. The summed E-state index contributed by atoms with van der Waals surface area (Å²) >= 11 is 6.54. The minimum absolute atomic E-state index is 0.181. The molecule has 0 atom stereocenters. The minimum atomic E-state index is -0.181. The van der Waals surface area contributed by atoms with Gasteiger partial charge in [-0.1, -0.05) is 18.2 Å². The summed E-state index contributed by atoms with van der Waals surface area (Å²) in [7, 11) is 0. The van der Waals surface area contributed by atoms with Gasteiger partial charge in [0, 0.05) is 11.9 Å². The van der Waals surface area contributed by atoms with E-state index < -0.39 is 0 Å². The summed E-state index contributed by atoms with van der Waals surface area (Å²) in [6.45, 7) is 3.18. The molecule has 21 heavy (non-hydrogen) atoms. The molecular weight excluding hydrogens is 400 g/mol. The largest absolute Gasteiger partial charge is 0.282 e. The highest BCUT2D eigenvalue weighted by molar-refractivity contribution is 9.13. The third-order valence-electron chi connectivity index (χ3n) is 3.28. The molecule has 2 heterocycles. The van der Waals surface area contributed by atoms with E-state index in [2.05, 4.69) is 42.1 Å². The molecule has 0 spiro atoms. The van der Waals surface area contributed by atoms with Crippen molar-refractivity contribution in [3.05, 3.63) is 55.5 Å². The van der Waals surface area contributed by atoms with Crippen molar-refractivity contribution in [2.24, 2.45) is 0 Å². The topological polar surface area (TPSA) is 52.7 Å². The lowest BCUT2D eigenvalue weighted by atomic mass is 10.2. The highest BCUT2D eigenvalue weighted by atomic mass is 79.9. The number of hydrogen-bond acceptors (Lipinski definition) is 3. The van der Waals surface area contributed by atoms with Crippen molar-refractivity contribution in [1.82, 2.24) is 19.6 Å². The van der Waals surface area contributed by atoms with Crippen LogP contribution < -0.4 is 5.56 Å². The first-order chi connectivity index (χ1) is 10.1. The van der Waals surface area contributed by atoms with Crippen LogP contribution in [0.3, 0.4) is 0 Å². The first-order valence-corrected chi connectivity index (χ1v) is 8.06. The number of halogens is 2. The number of nitrogens with zero attached hydrogens (tertiary/aromatic N) is 4. The summed E-state index contributed by atoms with van der Waals surface area (Å²) in [5.74, 6) is 0. The average Bonchev–Trinajstić information content (AvgIpc) is 2.86. The van der Waals surface area contributed by atoms with Gasteiger partial charge in [0.1, 0.15) is 4.47 Å². The van der Waals surface area contributed by atoms with Gasteiger partial charge in [-0.2, -0.15) is 10.2 Å². The van der Waals surface area contributed by atoms with E-state index in [9.17, 15) is 4.79 Å². The van der Waals surface area contributed by atoms with Gasteiger partial charge in [-0.25, -0.2) is 4.68 Å². The standard InChI is InChI=1S/C14H12Br2N4O/c1-2-19-12-6-4-3-5-9(12)11(18-19)8-20-14(21)13(16)10(15)7-17-20/h3-7H,2,8H2,1H3. The lowest BCUT2D eigenvalue weighted by Crippen LogP contribution is -2.24. The molecule has 0 amide bonds. The highest BCUT2D eigenvalue weighted by Gasteiger charge is 2.12. The first kappa shape index (κ1) is 14.5. The van der Waals surface area contributed by atoms with E-state index in [-0.39, 0.29) is 5.56 Å². The minimum Gasteiger partial charge on any atom is -0.266 e. The number of fused-ring (bicyclic) bond motifs is 1. The second kappa shape index (κ2) is 5.73. The molecule has 0 bridgehead atoms. The summed E-state index contributed by atoms with van der Waals surface area (Å²) in [4.78, 5) is 12.2. The van der Waals surface area contributed by atoms with Gasteiger partial charge in [0.15, 0.2) is 0 Å². The van der Waals surface area contributed by atoms with Crippen LogP contribution in [0.4, 0.5) is 0 Å². The number of aryl methyl sites for hydroxylation is 1. The second-order valence-corrected chi connectivity index (χ2v) is 6.20. The molecule has 0 N–H and O–H groups in total. The zero-order valence-electron chi connectivity index (χ0n) is 11.3. The monoisotopic (exact) mass is 410 g/mol. The van der Waals surface area contributed by atoms with Gasteiger partial charge >= 0.3 is 0 Å². The van der Waals surface area contributed by atoms with Crippen LogP contribution in [0.2, 0.25) is 0 Å². The SMILES string of the molecule is CCn1nc(Cn2ncc(Br)c(Br)c2=O)c2ccccc21. The van der Waals surface area contributed by atoms with Crippen molar-refractivity contribution in [2.75, 3.05) is 0 Å². The molecule has 0 saturated heterocycles. The van der Waals surface area contributed by atoms with Gasteiger partial charge < -0.3 is 0 Å². The normalized spacial score (nSPS) is 11.2. The fourth-order valence-electron chi connectivity index (χ4n) is 2.25. The lowest BCUT2D eigenvalue weighted by Gasteiger charge is -2.04. The Balaban J connectivity index is 2.11. The second-order valence-electron chi connectivity index (χ2n) is 4.55. The van der Waals surface area contributed by atoms with E-state index in [1.807, 2.05) is 35.9 Å². The predicted molar refractivity (Wildman–Crippen MR) is 88.4 cm³/mol. The summed E-state index contributed by atoms with van der Waals surface area (Å²) < 4.78 is 4.46. The average molecular weight is 412 g/mol. The summed E-state index contributed by atoms with van der Waals surface area (Å²) in [5.41, 5.74) is 1.73. The van der Waals surface area contributed by atoms with Crippen molar-refractivity contribution in [3.63, 3.8) is 0 Å². The Morgan fingerprint density at radius 3 is 2.71 bits per heavy atom. The molecule has 0 radical (unpaired) electrons. The van der Waals surface area contributed by atoms with Crippen molar-refractivity contribution >= 4 is 42.8 Å². The lowest BCUT2D eigenvalue weighted by molar-refractivity contribution is 0.599. The molecule has 0 aliphatic heterocycles. The fourth-order valence-corrected chi connectivity index (χ4v) is 2.82. The van der Waals surface area contributed by atoms with Crippen LogP contribution in [0.1, 0.15) is 12.6 Å². The Bertz CT molecular complexity index is 869. The van der Waals surface area contributed by atoms with Gasteiger partial charge in [0.2, 0.25) is 0 Å². The molecule has 0 saturated carbocycles. The Kier molecular flexibility index (Phi) is 3.95. The molecule has 5 nitrogen and oxygen atoms in total. The number of para-hydroxylation sites is 1. The van der Waals surface area contributed by atoms with Gasteiger partial charge in [0.05, 0.1) is 28.4 Å². The molecule has 2 aromatic heterocycles. The molecule has 0 fully saturated rings. The Hall–Kier alpha value is -1.47. The Labute approximate surface area is 137 Å². The molecule has 108 valence electrons. The van der Waals surface area contributed by atoms with E-state index in [1.54, 1.807) is 6.20 Å². The molecule has 7 heteroatoms. The van der Waals surface area contributed by atoms with Gasteiger partial charge in [-0.05, 0) is 44.8 Å². The molecule has 1 aromatic carbocycles. The molecule has 0 aliphatic carbocycles. The van der Waals surface area contributed by atoms with Crippen LogP contribution in [-0.4, -0.2) is 19.6 Å². The maximum atomic E-state index is 12.2. The molecule has 0 unspecified atom stereocenters. The van der Waals surface area contributed by atoms with Crippen molar-refractivity contribution in [3.8, 4) is 0 Å². The number of benzene rings is 1. The van der Waals surface area contributed by atoms with E-state index in [4.69, 9.17) is 0 Å². The maximum absolute atomic E-state index is 12.2. The van der Waals surface area contributed by atoms with Crippen molar-refractivity contribution < 1.29 is 0 Å². The van der Waals surface area contributed by atoms with Crippen LogP contribution in [0.15, 0.2) is 44.2 Å². The predicted octanol–water partition coefficient (Wildman–Crippen LogP) is 3.19. The van der Waals surface area contributed by atoms with E-state index in [0.717, 1.165) is 23.1 Å². The number of aromatic nitrogens is 4. The molecule has 0 aliphatic rings. The smallest absolute Gasteiger partial charge is 0.266 e. The van der Waals surface area contributed by atoms with E-state index in [1.165, 1.54) is 4.68 Å². The molecule has 3 rings (SSSR count). The van der Waals surface area contributed by atoms with Gasteiger partial charge in [-0.15, -0.1) is 0 Å². The Morgan fingerprint density at radius 1 is 1.19 bits per heavy atom. The molecule has 3 aromatic rings. The summed E-state index contributed by atoms with van der Waals surface area (Å²) in [6, 6.07) is 8.01. The van der Waals surface area contributed by atoms with Crippen molar-refractivity contribution in [1.29, 1.82) is 0 Å². The van der Waals surface area contributed by atoms with Crippen LogP contribution in [0.25, 0.3) is 10.9 Å². The number of rotatable bonds is 3. The zero-order chi connectivity index (χ0) is 15.0. The Morgan fingerprint density at radius 2 is 1.95 bits per heavy atom. The van der Waals surface area contributed by atoms with Gasteiger partial charge in [-0.3, -0.25) is 9.48 Å². The fraction of sp³-hybridized carbons (Fsp3) is 0.214. The quantitative estimate of drug-likeness (QED) is 0.665. The van der Waals surface area contributed by atoms with E-state index >= 15 is 0 Å². The van der Waals surface area contributed by atoms with Crippen LogP contribution >= 0.6 is 31.9 Å². The highest BCUT2D eigenvalue weighted by Crippen LogP contribution is 2.20. The third kappa shape index (κ3) is 2.55. The molecular formula is C14H12Br2N4O. The van der Waals surface area contributed by atoms with E-state index in [0.29, 0.717) is 15.5 Å². The first-order valence-electron chi connectivity index (χ1n) is 6.47. The van der Waals surface area contributed by atoms with Crippen LogP contribution in [-0.2, 0) is 13.1 Å². The zero-order valence-corrected chi connectivity index (χ0v) is 14.4. The van der Waals surface area contributed by atoms with Crippen LogP contribution in [0, 0.1) is 0 Å². The van der Waals surface area contributed by atoms with Gasteiger partial charge in [0.25, 0.3) is 5.56 Å². The summed E-state index contributed by atoms with van der Waals surface area (Å²) in [5, 5.41) is 9.79. The third-order valence-corrected chi connectivity index (χ3v) is 5.18. The van der Waals surface area contributed by atoms with Crippen molar-refractivity contribution in [2.45, 2.75) is 20.0 Å². The van der Waals surface area contributed by atoms with Crippen LogP contribution in [0.5, 0.6) is 0 Å². The maximum Gasteiger partial charge on any atom is 0.282 e. The number of hydrogen-bond donors (Lipinski definition) is 0.